The first kappa shape index (κ1) is 19.2. The summed E-state index contributed by atoms with van der Waals surface area (Å²) in [5.74, 6) is 2.17. The molecule has 1 aromatic heterocycles. The van der Waals surface area contributed by atoms with E-state index in [0.29, 0.717) is 6.04 Å². The molecule has 6 nitrogen and oxygen atoms in total. The minimum Gasteiger partial charge on any atom is -0.350 e. The summed E-state index contributed by atoms with van der Waals surface area (Å²) >= 11 is 0. The Morgan fingerprint density at radius 3 is 2.41 bits per heavy atom. The van der Waals surface area contributed by atoms with E-state index < -0.39 is 0 Å². The van der Waals surface area contributed by atoms with Crippen molar-refractivity contribution in [1.82, 2.24) is 15.2 Å². The van der Waals surface area contributed by atoms with Crippen LogP contribution in [0.2, 0.25) is 0 Å². The molecule has 3 amide bonds. The molecular weight excluding hydrogens is 364 g/mol. The zero-order valence-corrected chi connectivity index (χ0v) is 17.7. The Balaban J connectivity index is 1.21. The zero-order valence-electron chi connectivity index (χ0n) is 17.7. The van der Waals surface area contributed by atoms with Gasteiger partial charge in [-0.15, -0.1) is 0 Å². The van der Waals surface area contributed by atoms with Crippen LogP contribution in [0.15, 0.2) is 18.3 Å². The molecule has 6 heteroatoms. The van der Waals surface area contributed by atoms with Crippen LogP contribution in [-0.4, -0.2) is 34.6 Å². The first-order chi connectivity index (χ1) is 13.9. The van der Waals surface area contributed by atoms with Gasteiger partial charge in [0.15, 0.2) is 6.04 Å². The number of aryl methyl sites for hydroxylation is 1. The van der Waals surface area contributed by atoms with E-state index in [-0.39, 0.29) is 23.5 Å². The van der Waals surface area contributed by atoms with E-state index in [1.165, 1.54) is 29.9 Å². The van der Waals surface area contributed by atoms with Crippen LogP contribution in [0.3, 0.4) is 0 Å². The van der Waals surface area contributed by atoms with Gasteiger partial charge in [0.25, 0.3) is 5.91 Å². The summed E-state index contributed by atoms with van der Waals surface area (Å²) in [7, 11) is 2.06. The molecular formula is C23H35N4O2+. The number of carbonyl (C=O) groups excluding carboxylic acids is 2. The topological polar surface area (TPSA) is 67.6 Å². The lowest BCUT2D eigenvalue weighted by Gasteiger charge is -2.56. The second-order valence-corrected chi connectivity index (χ2v) is 10.4. The van der Waals surface area contributed by atoms with E-state index in [2.05, 4.69) is 40.6 Å². The molecule has 6 rings (SSSR count). The fourth-order valence-corrected chi connectivity index (χ4v) is 7.49. The predicted molar refractivity (Wildman–Crippen MR) is 110 cm³/mol. The molecule has 3 N–H and O–H groups in total. The number of aromatic nitrogens is 1. The quantitative estimate of drug-likeness (QED) is 0.724. The Hall–Kier alpha value is -1.82. The Morgan fingerprint density at radius 2 is 1.83 bits per heavy atom. The maximum Gasteiger partial charge on any atom is 0.322 e. The first-order valence-electron chi connectivity index (χ1n) is 11.5. The van der Waals surface area contributed by atoms with Gasteiger partial charge in [-0.3, -0.25) is 10.1 Å². The molecule has 2 heterocycles. The van der Waals surface area contributed by atoms with Crippen LogP contribution in [-0.2, 0) is 11.8 Å². The number of nitrogens with one attached hydrogen (secondary N) is 3. The molecule has 158 valence electrons. The number of quaternary nitrogens is 1. The summed E-state index contributed by atoms with van der Waals surface area (Å²) in [4.78, 5) is 27.0. The summed E-state index contributed by atoms with van der Waals surface area (Å²) < 4.78 is 2.15. The Morgan fingerprint density at radius 1 is 1.17 bits per heavy atom. The Labute approximate surface area is 173 Å². The second kappa shape index (κ2) is 7.15. The van der Waals surface area contributed by atoms with Crippen LogP contribution < -0.4 is 15.5 Å². The maximum atomic E-state index is 12.9. The molecule has 1 saturated heterocycles. The number of imide groups is 1. The zero-order chi connectivity index (χ0) is 20.2. The number of nitrogens with zero attached hydrogens (tertiary/aromatic N) is 1. The van der Waals surface area contributed by atoms with Crippen molar-refractivity contribution in [1.29, 1.82) is 0 Å². The van der Waals surface area contributed by atoms with Gasteiger partial charge in [-0.25, -0.2) is 4.79 Å². The van der Waals surface area contributed by atoms with Crippen molar-refractivity contribution in [3.63, 3.8) is 0 Å². The highest BCUT2D eigenvalue weighted by Gasteiger charge is 2.51. The Kier molecular flexibility index (Phi) is 4.72. The number of hydrogen-bond donors (Lipinski definition) is 3. The summed E-state index contributed by atoms with van der Waals surface area (Å²) in [6.45, 7) is 2.94. The SMILES string of the molecule is C[C@@H](C(=O)NC(=O)NC12CC3CC(CC(C3)C1)C2)[NH+]1CCC[C@@H]1c1cccn1C. The molecule has 5 aliphatic rings. The molecule has 0 radical (unpaired) electrons. The molecule has 1 unspecified atom stereocenters. The highest BCUT2D eigenvalue weighted by atomic mass is 16.2. The smallest absolute Gasteiger partial charge is 0.322 e. The van der Waals surface area contributed by atoms with E-state index in [1.54, 1.807) is 0 Å². The van der Waals surface area contributed by atoms with E-state index in [0.717, 1.165) is 56.4 Å². The predicted octanol–water partition coefficient (Wildman–Crippen LogP) is 1.93. The molecule has 4 bridgehead atoms. The lowest BCUT2D eigenvalue weighted by atomic mass is 9.53. The lowest BCUT2D eigenvalue weighted by Crippen LogP contribution is -3.15. The summed E-state index contributed by atoms with van der Waals surface area (Å²) in [6.07, 6.45) is 11.6. The van der Waals surface area contributed by atoms with Gasteiger partial charge < -0.3 is 14.8 Å². The minimum absolute atomic E-state index is 0.0611. The van der Waals surface area contributed by atoms with Gasteiger partial charge in [0.1, 0.15) is 6.04 Å². The minimum atomic E-state index is -0.280. The van der Waals surface area contributed by atoms with Crippen LogP contribution in [0.25, 0.3) is 0 Å². The van der Waals surface area contributed by atoms with E-state index in [4.69, 9.17) is 0 Å². The summed E-state index contributed by atoms with van der Waals surface area (Å²) in [6, 6.07) is 4.02. The van der Waals surface area contributed by atoms with Crippen molar-refractivity contribution < 1.29 is 14.5 Å². The number of carbonyl (C=O) groups is 2. The van der Waals surface area contributed by atoms with E-state index >= 15 is 0 Å². The molecule has 0 spiro atoms. The molecule has 4 saturated carbocycles. The largest absolute Gasteiger partial charge is 0.350 e. The van der Waals surface area contributed by atoms with Crippen LogP contribution in [0.1, 0.15) is 70.0 Å². The van der Waals surface area contributed by atoms with E-state index in [9.17, 15) is 9.59 Å². The van der Waals surface area contributed by atoms with Crippen molar-refractivity contribution in [2.75, 3.05) is 6.54 Å². The van der Waals surface area contributed by atoms with Gasteiger partial charge in [0.05, 0.1) is 12.2 Å². The molecule has 1 aliphatic heterocycles. The third-order valence-corrected chi connectivity index (χ3v) is 8.35. The average Bonchev–Trinajstić information content (AvgIpc) is 3.27. The average molecular weight is 400 g/mol. The van der Waals surface area contributed by atoms with Crippen molar-refractivity contribution >= 4 is 11.9 Å². The second-order valence-electron chi connectivity index (χ2n) is 10.4. The molecule has 1 aromatic rings. The fraction of sp³-hybridized carbons (Fsp3) is 0.739. The van der Waals surface area contributed by atoms with Crippen molar-refractivity contribution in [2.24, 2.45) is 24.8 Å². The van der Waals surface area contributed by atoms with Crippen LogP contribution in [0.5, 0.6) is 0 Å². The Bertz CT molecular complexity index is 765. The number of rotatable bonds is 4. The van der Waals surface area contributed by atoms with Crippen molar-refractivity contribution in [3.8, 4) is 0 Å². The number of hydrogen-bond acceptors (Lipinski definition) is 2. The number of urea groups is 1. The van der Waals surface area contributed by atoms with Gasteiger partial charge >= 0.3 is 6.03 Å². The maximum absolute atomic E-state index is 12.9. The van der Waals surface area contributed by atoms with Crippen molar-refractivity contribution in [3.05, 3.63) is 24.0 Å². The molecule has 0 aromatic carbocycles. The number of amides is 3. The van der Waals surface area contributed by atoms with Gasteiger partial charge in [-0.1, -0.05) is 0 Å². The monoisotopic (exact) mass is 399 g/mol. The van der Waals surface area contributed by atoms with Gasteiger partial charge in [0.2, 0.25) is 0 Å². The normalized spacial score (nSPS) is 38.8. The third kappa shape index (κ3) is 3.49. The first-order valence-corrected chi connectivity index (χ1v) is 11.5. The van der Waals surface area contributed by atoms with Gasteiger partial charge in [0, 0.05) is 31.6 Å². The van der Waals surface area contributed by atoms with E-state index in [1.807, 2.05) is 6.92 Å². The van der Waals surface area contributed by atoms with Gasteiger partial charge in [-0.2, -0.15) is 0 Å². The van der Waals surface area contributed by atoms with Crippen molar-refractivity contribution in [2.45, 2.75) is 75.9 Å². The van der Waals surface area contributed by atoms with Crippen LogP contribution in [0, 0.1) is 17.8 Å². The molecule has 29 heavy (non-hydrogen) atoms. The summed E-state index contributed by atoms with van der Waals surface area (Å²) in [5, 5.41) is 5.96. The fourth-order valence-electron chi connectivity index (χ4n) is 7.49. The third-order valence-electron chi connectivity index (χ3n) is 8.35. The molecule has 3 atom stereocenters. The number of likely N-dealkylation sites (tertiary alicyclic amines) is 1. The molecule has 4 aliphatic carbocycles. The lowest BCUT2D eigenvalue weighted by molar-refractivity contribution is -0.932. The standard InChI is InChI=1S/C23H34N4O2/c1-15(27-8-4-6-20(27)19-5-3-7-26(19)2)21(28)24-22(29)25-23-12-16-9-17(13-23)11-18(10-16)14-23/h3,5,7,15-18,20H,4,6,8-14H2,1-2H3,(H2,24,25,28,29)/p+1/t15-,16?,17?,18?,20+,23?/m0/s1. The highest BCUT2D eigenvalue weighted by molar-refractivity contribution is 5.96. The van der Waals surface area contributed by atoms with Crippen LogP contribution in [0.4, 0.5) is 4.79 Å². The highest BCUT2D eigenvalue weighted by Crippen LogP contribution is 2.55. The van der Waals surface area contributed by atoms with Gasteiger partial charge in [-0.05, 0) is 75.3 Å². The molecule has 5 fully saturated rings. The summed E-state index contributed by atoms with van der Waals surface area (Å²) in [5.41, 5.74) is 1.21. The van der Waals surface area contributed by atoms with Crippen LogP contribution >= 0.6 is 0 Å².